The fourth-order valence-corrected chi connectivity index (χ4v) is 7.93. The van der Waals surface area contributed by atoms with Crippen LogP contribution in [-0.2, 0) is 16.0 Å². The van der Waals surface area contributed by atoms with Gasteiger partial charge in [-0.1, -0.05) is 191 Å². The molecule has 1 atom stereocenters. The Morgan fingerprint density at radius 2 is 1.22 bits per heavy atom. The number of hydrogen-bond acceptors (Lipinski definition) is 3. The van der Waals surface area contributed by atoms with E-state index < -0.39 is 0 Å². The molecule has 1 unspecified atom stereocenters. The Labute approximate surface area is 347 Å². The van der Waals surface area contributed by atoms with Crippen molar-refractivity contribution in [1.29, 1.82) is 0 Å². The van der Waals surface area contributed by atoms with Crippen molar-refractivity contribution in [2.75, 3.05) is 19.5 Å². The number of allylic oxidation sites excluding steroid dienone is 4. The Morgan fingerprint density at radius 1 is 0.741 bits per heavy atom. The van der Waals surface area contributed by atoms with Crippen molar-refractivity contribution in [3.05, 3.63) is 66.0 Å². The number of nitrogens with zero attached hydrogens (tertiary/aromatic N) is 1. The van der Waals surface area contributed by atoms with Crippen LogP contribution >= 0.6 is 25.0 Å². The van der Waals surface area contributed by atoms with Gasteiger partial charge >= 0.3 is 0 Å². The summed E-state index contributed by atoms with van der Waals surface area (Å²) in [5.74, 6) is 3.02. The van der Waals surface area contributed by atoms with E-state index in [1.807, 2.05) is 6.26 Å². The van der Waals surface area contributed by atoms with Crippen molar-refractivity contribution < 1.29 is 14.0 Å². The summed E-state index contributed by atoms with van der Waals surface area (Å²) in [4.78, 5) is 0. The van der Waals surface area contributed by atoms with Crippen molar-refractivity contribution in [3.63, 3.8) is 0 Å². The molecule has 0 N–H and O–H groups in total. The molecule has 3 nitrogen and oxygen atoms in total. The fraction of sp³-hybridized carbons (Fsp3) is 0.776. The molecule has 0 bridgehead atoms. The van der Waals surface area contributed by atoms with Crippen LogP contribution < -0.4 is 4.57 Å². The lowest BCUT2D eigenvalue weighted by molar-refractivity contribution is -0.697. The van der Waals surface area contributed by atoms with Crippen LogP contribution in [0.4, 0.5) is 0 Å². The van der Waals surface area contributed by atoms with E-state index in [4.69, 9.17) is 9.47 Å². The second-order valence-corrected chi connectivity index (χ2v) is 19.4. The standard InChI is InChI=1S/C23H34O2.C16H28N.C9H20.CH3BrS/c1-2-18-6-5-11-21(13-12-18)22-24-16-23(17-25-22,14-19-7-3-8-19)15-20-9-4-10-20;1-4-5-6-7-8-9-12-17-13-10-16(11-14-17)15(2)3;1-3-5-7-9-8-6-4-2;1-3-2/h5-6,11-13,18-20,22H,2-4,7-10,14-17H2,1H3;10-11,13-15H,4-9,12H2,1-3H3;3-9H2,1-2H3;1H3/q;+1;;. The van der Waals surface area contributed by atoms with Crippen molar-refractivity contribution in [1.82, 2.24) is 0 Å². The SMILES string of the molecule is CCC1C=CC=C(C2OCC(CC3CCC3)(CC3CCC3)CO2)C=C1.CCCCCCCCC.CCCCCCCC[n+]1ccc(C(C)C)cc1.CSBr. The highest BCUT2D eigenvalue weighted by Crippen LogP contribution is 2.47. The number of hydrogen-bond donors (Lipinski definition) is 0. The molecule has 1 aliphatic heterocycles. The van der Waals surface area contributed by atoms with Crippen LogP contribution in [0.3, 0.4) is 0 Å². The summed E-state index contributed by atoms with van der Waals surface area (Å²) in [6.07, 6.45) is 47.9. The maximum absolute atomic E-state index is 6.32. The predicted octanol–water partition coefficient (Wildman–Crippen LogP) is 15.7. The van der Waals surface area contributed by atoms with Crippen molar-refractivity contribution >= 4 is 25.0 Å². The molecule has 3 aliphatic carbocycles. The second kappa shape index (κ2) is 31.2. The van der Waals surface area contributed by atoms with E-state index in [1.165, 1.54) is 153 Å². The molecule has 5 rings (SSSR count). The van der Waals surface area contributed by atoms with Gasteiger partial charge in [-0.15, -0.1) is 0 Å². The van der Waals surface area contributed by atoms with E-state index in [-0.39, 0.29) is 11.7 Å². The molecule has 0 aromatic carbocycles. The lowest BCUT2D eigenvalue weighted by Crippen LogP contribution is -2.45. The van der Waals surface area contributed by atoms with E-state index >= 15 is 0 Å². The largest absolute Gasteiger partial charge is 0.348 e. The van der Waals surface area contributed by atoms with Crippen LogP contribution in [0.25, 0.3) is 0 Å². The molecule has 54 heavy (non-hydrogen) atoms. The molecule has 0 radical (unpaired) electrons. The summed E-state index contributed by atoms with van der Waals surface area (Å²) < 4.78 is 15.0. The average Bonchev–Trinajstić information content (AvgIpc) is 3.40. The third kappa shape index (κ3) is 21.0. The molecule has 0 amide bonds. The van der Waals surface area contributed by atoms with E-state index in [0.29, 0.717) is 11.8 Å². The number of aryl methyl sites for hydroxylation is 1. The quantitative estimate of drug-likeness (QED) is 0.0965. The Morgan fingerprint density at radius 3 is 1.65 bits per heavy atom. The van der Waals surface area contributed by atoms with E-state index in [2.05, 4.69) is 116 Å². The van der Waals surface area contributed by atoms with Gasteiger partial charge in [-0.25, -0.2) is 4.57 Å². The summed E-state index contributed by atoms with van der Waals surface area (Å²) in [7, 11) is 1.56. The number of halogens is 1. The predicted molar refractivity (Wildman–Crippen MR) is 242 cm³/mol. The van der Waals surface area contributed by atoms with E-state index in [0.717, 1.165) is 31.5 Å². The van der Waals surface area contributed by atoms with Gasteiger partial charge in [-0.05, 0) is 76.0 Å². The van der Waals surface area contributed by atoms with Gasteiger partial charge in [0.05, 0.1) is 13.2 Å². The molecule has 1 saturated heterocycles. The Balaban J connectivity index is 0.000000301. The maximum Gasteiger partial charge on any atom is 0.183 e. The van der Waals surface area contributed by atoms with Crippen molar-refractivity contribution in [2.45, 2.75) is 202 Å². The molecule has 310 valence electrons. The average molecular weight is 832 g/mol. The zero-order valence-corrected chi connectivity index (χ0v) is 38.7. The van der Waals surface area contributed by atoms with Gasteiger partial charge in [0, 0.05) is 29.5 Å². The monoisotopic (exact) mass is 831 g/mol. The van der Waals surface area contributed by atoms with Crippen LogP contribution in [-0.4, -0.2) is 25.8 Å². The minimum Gasteiger partial charge on any atom is -0.348 e. The first-order valence-corrected chi connectivity index (χ1v) is 25.8. The minimum absolute atomic E-state index is 0.174. The molecule has 0 spiro atoms. The van der Waals surface area contributed by atoms with Gasteiger partial charge in [0.1, 0.15) is 6.54 Å². The first-order chi connectivity index (χ1) is 26.3. The van der Waals surface area contributed by atoms with Crippen molar-refractivity contribution in [2.24, 2.45) is 23.2 Å². The van der Waals surface area contributed by atoms with Gasteiger partial charge in [0.2, 0.25) is 0 Å². The molecule has 1 aromatic rings. The summed E-state index contributed by atoms with van der Waals surface area (Å²) in [6.45, 7) is 16.5. The molecule has 1 aromatic heterocycles. The normalized spacial score (nSPS) is 19.6. The Kier molecular flexibility index (Phi) is 28.4. The zero-order chi connectivity index (χ0) is 39.3. The zero-order valence-electron chi connectivity index (χ0n) is 36.3. The van der Waals surface area contributed by atoms with Gasteiger partial charge < -0.3 is 9.47 Å². The van der Waals surface area contributed by atoms with Crippen LogP contribution in [0, 0.1) is 23.2 Å². The number of ether oxygens (including phenoxy) is 2. The number of aromatic nitrogens is 1. The summed E-state index contributed by atoms with van der Waals surface area (Å²) in [5.41, 5.74) is 2.89. The van der Waals surface area contributed by atoms with Crippen LogP contribution in [0.5, 0.6) is 0 Å². The van der Waals surface area contributed by atoms with E-state index in [1.54, 1.807) is 10.2 Å². The first-order valence-electron chi connectivity index (χ1n) is 22.8. The molecule has 3 fully saturated rings. The van der Waals surface area contributed by atoms with Gasteiger partial charge in [0.15, 0.2) is 18.7 Å². The summed E-state index contributed by atoms with van der Waals surface area (Å²) in [5, 5.41) is 0. The highest BCUT2D eigenvalue weighted by Gasteiger charge is 2.42. The molecule has 2 saturated carbocycles. The summed E-state index contributed by atoms with van der Waals surface area (Å²) >= 11 is 3.06. The number of rotatable bonds is 20. The highest BCUT2D eigenvalue weighted by molar-refractivity contribution is 9.50. The van der Waals surface area contributed by atoms with E-state index in [9.17, 15) is 0 Å². The van der Waals surface area contributed by atoms with Gasteiger partial charge in [-0.2, -0.15) is 0 Å². The third-order valence-electron chi connectivity index (χ3n) is 12.0. The van der Waals surface area contributed by atoms with Gasteiger partial charge in [0.25, 0.3) is 0 Å². The fourth-order valence-electron chi connectivity index (χ4n) is 7.93. The number of pyridine rings is 1. The smallest absolute Gasteiger partial charge is 0.183 e. The minimum atomic E-state index is -0.174. The van der Waals surface area contributed by atoms with Crippen molar-refractivity contribution in [3.8, 4) is 0 Å². The lowest BCUT2D eigenvalue weighted by Gasteiger charge is -2.46. The van der Waals surface area contributed by atoms with Crippen LogP contribution in [0.15, 0.2) is 60.5 Å². The Bertz CT molecular complexity index is 1090. The topological polar surface area (TPSA) is 22.3 Å². The first kappa shape index (κ1) is 49.3. The lowest BCUT2D eigenvalue weighted by atomic mass is 9.65. The molecule has 5 heteroatoms. The maximum atomic E-state index is 6.32. The molecular weight excluding hydrogens is 747 g/mol. The van der Waals surface area contributed by atoms with Gasteiger partial charge in [-0.3, -0.25) is 0 Å². The second-order valence-electron chi connectivity index (χ2n) is 17.2. The molecular formula is C49H85BrNO2S+. The van der Waals surface area contributed by atoms with Crippen LogP contribution in [0.2, 0.25) is 0 Å². The number of unbranched alkanes of at least 4 members (excludes halogenated alkanes) is 11. The van der Waals surface area contributed by atoms with Crippen LogP contribution in [0.1, 0.15) is 194 Å². The Hall–Kier alpha value is -0.880. The third-order valence-corrected chi connectivity index (χ3v) is 12.0. The summed E-state index contributed by atoms with van der Waals surface area (Å²) in [6, 6.07) is 4.50. The highest BCUT2D eigenvalue weighted by atomic mass is 79.9. The molecule has 4 aliphatic rings. The molecule has 2 heterocycles.